The summed E-state index contributed by atoms with van der Waals surface area (Å²) in [6.45, 7) is 0.690. The lowest BCUT2D eigenvalue weighted by molar-refractivity contribution is -0.141. The van der Waals surface area contributed by atoms with E-state index in [2.05, 4.69) is 15.9 Å². The van der Waals surface area contributed by atoms with E-state index in [1.165, 1.54) is 0 Å². The Labute approximate surface area is 133 Å². The lowest BCUT2D eigenvalue weighted by atomic mass is 9.98. The number of aryl methyl sites for hydroxylation is 1. The zero-order valence-corrected chi connectivity index (χ0v) is 13.5. The van der Waals surface area contributed by atoms with Crippen molar-refractivity contribution in [2.75, 3.05) is 6.54 Å². The molecule has 1 aliphatic heterocycles. The third-order valence-electron chi connectivity index (χ3n) is 3.87. The summed E-state index contributed by atoms with van der Waals surface area (Å²) in [5, 5.41) is 8.96. The number of nitrogens with zero attached hydrogens (tertiary/aromatic N) is 1. The van der Waals surface area contributed by atoms with Crippen LogP contribution in [0.15, 0.2) is 28.7 Å². The fourth-order valence-electron chi connectivity index (χ4n) is 2.83. The van der Waals surface area contributed by atoms with Gasteiger partial charge < -0.3 is 10.0 Å². The number of carbonyl (C=O) groups is 2. The molecule has 0 aliphatic carbocycles. The van der Waals surface area contributed by atoms with Crippen LogP contribution in [-0.4, -0.2) is 34.5 Å². The Morgan fingerprint density at radius 1 is 1.33 bits per heavy atom. The maximum Gasteiger partial charge on any atom is 0.305 e. The standard InChI is InChI=1S/C16H20BrNO3/c17-13-5-3-4-12(10-13)7-8-15(19)18-9-2-1-6-14(18)11-16(20)21/h3-5,10,14H,1-2,6-9,11H2,(H,20,21). The normalized spacial score (nSPS) is 18.5. The zero-order chi connectivity index (χ0) is 15.2. The van der Waals surface area contributed by atoms with Gasteiger partial charge in [0.05, 0.1) is 6.42 Å². The molecule has 1 heterocycles. The number of benzene rings is 1. The van der Waals surface area contributed by atoms with Crippen molar-refractivity contribution in [3.05, 3.63) is 34.3 Å². The fraction of sp³-hybridized carbons (Fsp3) is 0.500. The lowest BCUT2D eigenvalue weighted by Crippen LogP contribution is -2.44. The number of carbonyl (C=O) groups excluding carboxylic acids is 1. The van der Waals surface area contributed by atoms with Crippen LogP contribution in [0.1, 0.15) is 37.7 Å². The average Bonchev–Trinajstić information content (AvgIpc) is 2.45. The van der Waals surface area contributed by atoms with Crippen molar-refractivity contribution < 1.29 is 14.7 Å². The topological polar surface area (TPSA) is 57.6 Å². The van der Waals surface area contributed by atoms with E-state index < -0.39 is 5.97 Å². The quantitative estimate of drug-likeness (QED) is 0.883. The van der Waals surface area contributed by atoms with Crippen LogP contribution >= 0.6 is 15.9 Å². The molecule has 0 radical (unpaired) electrons. The van der Waals surface area contributed by atoms with E-state index in [9.17, 15) is 9.59 Å². The van der Waals surface area contributed by atoms with Gasteiger partial charge in [0.15, 0.2) is 0 Å². The zero-order valence-electron chi connectivity index (χ0n) is 11.9. The second-order valence-corrected chi connectivity index (χ2v) is 6.38. The van der Waals surface area contributed by atoms with E-state index in [0.29, 0.717) is 19.4 Å². The Bertz CT molecular complexity index is 518. The summed E-state index contributed by atoms with van der Waals surface area (Å²) in [6, 6.07) is 7.80. The molecule has 114 valence electrons. The number of piperidine rings is 1. The molecule has 0 aromatic heterocycles. The minimum absolute atomic E-state index is 0.0582. The highest BCUT2D eigenvalue weighted by atomic mass is 79.9. The average molecular weight is 354 g/mol. The third kappa shape index (κ3) is 4.84. The monoisotopic (exact) mass is 353 g/mol. The van der Waals surface area contributed by atoms with Crippen LogP contribution < -0.4 is 0 Å². The van der Waals surface area contributed by atoms with Crippen molar-refractivity contribution in [3.63, 3.8) is 0 Å². The van der Waals surface area contributed by atoms with Crippen LogP contribution in [0.3, 0.4) is 0 Å². The second-order valence-electron chi connectivity index (χ2n) is 5.46. The van der Waals surface area contributed by atoms with E-state index in [0.717, 1.165) is 29.3 Å². The molecule has 0 spiro atoms. The lowest BCUT2D eigenvalue weighted by Gasteiger charge is -2.35. The number of carboxylic acids is 1. The van der Waals surface area contributed by atoms with Gasteiger partial charge in [0.1, 0.15) is 0 Å². The molecular weight excluding hydrogens is 334 g/mol. The molecule has 1 N–H and O–H groups in total. The van der Waals surface area contributed by atoms with Gasteiger partial charge in [-0.05, 0) is 43.4 Å². The Morgan fingerprint density at radius 3 is 2.86 bits per heavy atom. The Balaban J connectivity index is 1.92. The molecule has 1 amide bonds. The van der Waals surface area contributed by atoms with Gasteiger partial charge in [0.2, 0.25) is 5.91 Å². The molecule has 2 rings (SSSR count). The fourth-order valence-corrected chi connectivity index (χ4v) is 3.28. The molecule has 1 unspecified atom stereocenters. The van der Waals surface area contributed by atoms with Gasteiger partial charge in [-0.25, -0.2) is 0 Å². The molecule has 5 heteroatoms. The number of halogens is 1. The molecule has 21 heavy (non-hydrogen) atoms. The van der Waals surface area contributed by atoms with Crippen molar-refractivity contribution in [1.82, 2.24) is 4.90 Å². The van der Waals surface area contributed by atoms with E-state index in [1.54, 1.807) is 4.90 Å². The van der Waals surface area contributed by atoms with Crippen molar-refractivity contribution in [2.24, 2.45) is 0 Å². The Kier molecular flexibility index (Phi) is 5.79. The maximum absolute atomic E-state index is 12.4. The van der Waals surface area contributed by atoms with E-state index >= 15 is 0 Å². The molecule has 4 nitrogen and oxygen atoms in total. The summed E-state index contributed by atoms with van der Waals surface area (Å²) in [4.78, 5) is 25.1. The number of likely N-dealkylation sites (tertiary alicyclic amines) is 1. The summed E-state index contributed by atoms with van der Waals surface area (Å²) in [7, 11) is 0. The van der Waals surface area contributed by atoms with E-state index in [4.69, 9.17) is 5.11 Å². The third-order valence-corrected chi connectivity index (χ3v) is 4.37. The van der Waals surface area contributed by atoms with Gasteiger partial charge >= 0.3 is 5.97 Å². The number of carboxylic acid groups (broad SMARTS) is 1. The summed E-state index contributed by atoms with van der Waals surface area (Å²) in [5.74, 6) is -0.757. The number of hydrogen-bond donors (Lipinski definition) is 1. The Hall–Kier alpha value is -1.36. The van der Waals surface area contributed by atoms with E-state index in [1.807, 2.05) is 24.3 Å². The molecule has 1 saturated heterocycles. The first kappa shape index (κ1) is 16.0. The molecule has 1 fully saturated rings. The van der Waals surface area contributed by atoms with Crippen molar-refractivity contribution in [1.29, 1.82) is 0 Å². The molecule has 0 bridgehead atoms. The first-order valence-corrected chi connectivity index (χ1v) is 8.11. The summed E-state index contributed by atoms with van der Waals surface area (Å²) in [6.07, 6.45) is 3.96. The molecule has 1 aromatic carbocycles. The predicted molar refractivity (Wildman–Crippen MR) is 84.1 cm³/mol. The minimum atomic E-state index is -0.827. The maximum atomic E-state index is 12.4. The van der Waals surface area contributed by atoms with Gasteiger partial charge in [-0.15, -0.1) is 0 Å². The number of aliphatic carboxylic acids is 1. The molecule has 1 atom stereocenters. The highest BCUT2D eigenvalue weighted by Gasteiger charge is 2.27. The highest BCUT2D eigenvalue weighted by Crippen LogP contribution is 2.21. The molecule has 0 saturated carbocycles. The van der Waals surface area contributed by atoms with Crippen LogP contribution in [0.25, 0.3) is 0 Å². The first-order chi connectivity index (χ1) is 10.1. The van der Waals surface area contributed by atoms with Gasteiger partial charge in [-0.3, -0.25) is 9.59 Å². The van der Waals surface area contributed by atoms with Crippen LogP contribution in [-0.2, 0) is 16.0 Å². The summed E-state index contributed by atoms with van der Waals surface area (Å²) in [5.41, 5.74) is 1.12. The number of hydrogen-bond acceptors (Lipinski definition) is 2. The number of rotatable bonds is 5. The highest BCUT2D eigenvalue weighted by molar-refractivity contribution is 9.10. The van der Waals surface area contributed by atoms with Crippen molar-refractivity contribution >= 4 is 27.8 Å². The van der Waals surface area contributed by atoms with Gasteiger partial charge in [0, 0.05) is 23.5 Å². The molecule has 1 aliphatic rings. The van der Waals surface area contributed by atoms with Crippen LogP contribution in [0, 0.1) is 0 Å². The van der Waals surface area contributed by atoms with Crippen molar-refractivity contribution in [3.8, 4) is 0 Å². The minimum Gasteiger partial charge on any atom is -0.481 e. The van der Waals surface area contributed by atoms with Crippen LogP contribution in [0.5, 0.6) is 0 Å². The van der Waals surface area contributed by atoms with Gasteiger partial charge in [-0.2, -0.15) is 0 Å². The van der Waals surface area contributed by atoms with Crippen molar-refractivity contribution in [2.45, 2.75) is 44.6 Å². The van der Waals surface area contributed by atoms with Gasteiger partial charge in [-0.1, -0.05) is 28.1 Å². The van der Waals surface area contributed by atoms with E-state index in [-0.39, 0.29) is 18.4 Å². The predicted octanol–water partition coefficient (Wildman–Crippen LogP) is 3.24. The number of amides is 1. The smallest absolute Gasteiger partial charge is 0.305 e. The first-order valence-electron chi connectivity index (χ1n) is 7.32. The second kappa shape index (κ2) is 7.59. The molecule has 1 aromatic rings. The Morgan fingerprint density at radius 2 is 2.14 bits per heavy atom. The summed E-state index contributed by atoms with van der Waals surface area (Å²) < 4.78 is 1.01. The molecular formula is C16H20BrNO3. The SMILES string of the molecule is O=C(O)CC1CCCCN1C(=O)CCc1cccc(Br)c1. The summed E-state index contributed by atoms with van der Waals surface area (Å²) >= 11 is 3.42. The largest absolute Gasteiger partial charge is 0.481 e. The van der Waals surface area contributed by atoms with Crippen LogP contribution in [0.4, 0.5) is 0 Å². The van der Waals surface area contributed by atoms with Crippen LogP contribution in [0.2, 0.25) is 0 Å². The van der Waals surface area contributed by atoms with Gasteiger partial charge in [0.25, 0.3) is 0 Å².